The van der Waals surface area contributed by atoms with E-state index >= 15 is 0 Å². The van der Waals surface area contributed by atoms with Gasteiger partial charge in [-0.05, 0) is 30.5 Å². The number of anilines is 1. The summed E-state index contributed by atoms with van der Waals surface area (Å²) in [5.41, 5.74) is 1.17. The van der Waals surface area contributed by atoms with Crippen LogP contribution in [0.25, 0.3) is 0 Å². The van der Waals surface area contributed by atoms with Gasteiger partial charge in [0.1, 0.15) is 5.69 Å². The molecule has 0 aliphatic carbocycles. The minimum atomic E-state index is -0.410. The maximum absolute atomic E-state index is 11.9. The van der Waals surface area contributed by atoms with E-state index in [0.717, 1.165) is 12.8 Å². The molecule has 126 valence electrons. The van der Waals surface area contributed by atoms with Gasteiger partial charge in [0.2, 0.25) is 5.91 Å². The van der Waals surface area contributed by atoms with Gasteiger partial charge in [0.25, 0.3) is 5.69 Å². The number of piperidine rings is 1. The van der Waals surface area contributed by atoms with Gasteiger partial charge in [-0.3, -0.25) is 14.9 Å². The highest BCUT2D eigenvalue weighted by Crippen LogP contribution is 2.31. The average Bonchev–Trinajstić information content (AvgIpc) is 2.54. The molecule has 1 amide bonds. The van der Waals surface area contributed by atoms with Crippen LogP contribution < -0.4 is 10.2 Å². The summed E-state index contributed by atoms with van der Waals surface area (Å²) >= 11 is 0. The molecule has 1 atom stereocenters. The van der Waals surface area contributed by atoms with Crippen LogP contribution in [0.1, 0.15) is 32.3 Å². The largest absolute Gasteiger partial charge is 0.392 e. The van der Waals surface area contributed by atoms with Crippen LogP contribution in [-0.2, 0) is 11.4 Å². The Kier molecular flexibility index (Phi) is 5.54. The zero-order valence-corrected chi connectivity index (χ0v) is 13.5. The number of carbonyl (C=O) groups is 1. The van der Waals surface area contributed by atoms with Crippen molar-refractivity contribution in [3.8, 4) is 0 Å². The van der Waals surface area contributed by atoms with Gasteiger partial charge in [0, 0.05) is 31.1 Å². The lowest BCUT2D eigenvalue weighted by Gasteiger charge is -2.35. The number of nitro groups is 1. The fourth-order valence-electron chi connectivity index (χ4n) is 2.76. The smallest absolute Gasteiger partial charge is 0.292 e. The summed E-state index contributed by atoms with van der Waals surface area (Å²) in [5.74, 6) is -0.0899. The van der Waals surface area contributed by atoms with E-state index in [4.69, 9.17) is 0 Å². The second kappa shape index (κ2) is 7.41. The van der Waals surface area contributed by atoms with E-state index in [1.807, 2.05) is 18.7 Å². The van der Waals surface area contributed by atoms with E-state index in [9.17, 15) is 20.0 Å². The summed E-state index contributed by atoms with van der Waals surface area (Å²) in [6.07, 6.45) is 1.71. The van der Waals surface area contributed by atoms with Crippen molar-refractivity contribution >= 4 is 17.3 Å². The molecule has 23 heavy (non-hydrogen) atoms. The van der Waals surface area contributed by atoms with Gasteiger partial charge in [-0.1, -0.05) is 13.8 Å². The predicted octanol–water partition coefficient (Wildman–Crippen LogP) is 1.83. The third-order valence-corrected chi connectivity index (χ3v) is 4.05. The van der Waals surface area contributed by atoms with Gasteiger partial charge in [0.15, 0.2) is 0 Å². The van der Waals surface area contributed by atoms with Crippen molar-refractivity contribution in [2.45, 2.75) is 39.3 Å². The van der Waals surface area contributed by atoms with Gasteiger partial charge < -0.3 is 15.3 Å². The molecule has 2 rings (SSSR count). The third-order valence-electron chi connectivity index (χ3n) is 4.05. The lowest BCUT2D eigenvalue weighted by Crippen LogP contribution is -2.49. The van der Waals surface area contributed by atoms with Gasteiger partial charge in [-0.2, -0.15) is 0 Å². The number of benzene rings is 1. The maximum Gasteiger partial charge on any atom is 0.292 e. The number of nitro benzene ring substituents is 1. The number of nitrogens with one attached hydrogen (secondary N) is 1. The van der Waals surface area contributed by atoms with Crippen LogP contribution in [-0.4, -0.2) is 35.1 Å². The molecule has 1 fully saturated rings. The molecule has 1 saturated heterocycles. The Morgan fingerprint density at radius 1 is 1.52 bits per heavy atom. The minimum Gasteiger partial charge on any atom is -0.392 e. The van der Waals surface area contributed by atoms with Crippen LogP contribution in [0.4, 0.5) is 11.4 Å². The summed E-state index contributed by atoms with van der Waals surface area (Å²) in [5, 5.41) is 23.5. The highest BCUT2D eigenvalue weighted by molar-refractivity contribution is 5.78. The molecule has 1 unspecified atom stereocenters. The van der Waals surface area contributed by atoms with Crippen molar-refractivity contribution in [3.05, 3.63) is 33.9 Å². The van der Waals surface area contributed by atoms with Crippen LogP contribution in [0.15, 0.2) is 18.2 Å². The first-order valence-electron chi connectivity index (χ1n) is 7.86. The van der Waals surface area contributed by atoms with Crippen LogP contribution in [0.5, 0.6) is 0 Å². The first kappa shape index (κ1) is 17.2. The maximum atomic E-state index is 11.9. The lowest BCUT2D eigenvalue weighted by atomic mass is 10.0. The number of aliphatic hydroxyl groups excluding tert-OH is 1. The zero-order chi connectivity index (χ0) is 17.0. The number of carbonyl (C=O) groups excluding carboxylic acids is 1. The molecule has 1 heterocycles. The van der Waals surface area contributed by atoms with Crippen molar-refractivity contribution in [2.75, 3.05) is 18.0 Å². The fraction of sp³-hybridized carbons (Fsp3) is 0.562. The van der Waals surface area contributed by atoms with E-state index in [0.29, 0.717) is 24.3 Å². The Morgan fingerprint density at radius 3 is 2.87 bits per heavy atom. The quantitative estimate of drug-likeness (QED) is 0.637. The summed E-state index contributed by atoms with van der Waals surface area (Å²) in [6, 6.07) is 4.63. The van der Waals surface area contributed by atoms with Gasteiger partial charge >= 0.3 is 0 Å². The normalized spacial score (nSPS) is 18.1. The SMILES string of the molecule is CC(C)C(=O)NC1CCCN(c2cc(CO)ccc2[N+](=O)[O-])C1. The molecule has 7 heteroatoms. The van der Waals surface area contributed by atoms with Gasteiger partial charge in [-0.25, -0.2) is 0 Å². The summed E-state index contributed by atoms with van der Waals surface area (Å²) < 4.78 is 0. The molecule has 0 saturated carbocycles. The van der Waals surface area contributed by atoms with E-state index in [-0.39, 0.29) is 30.2 Å². The zero-order valence-electron chi connectivity index (χ0n) is 13.5. The molecule has 1 aliphatic rings. The Bertz CT molecular complexity index is 589. The third kappa shape index (κ3) is 4.19. The van der Waals surface area contributed by atoms with E-state index < -0.39 is 4.92 Å². The molecule has 0 spiro atoms. The van der Waals surface area contributed by atoms with Crippen LogP contribution in [0.3, 0.4) is 0 Å². The van der Waals surface area contributed by atoms with E-state index in [1.54, 1.807) is 12.1 Å². The van der Waals surface area contributed by atoms with Crippen molar-refractivity contribution < 1.29 is 14.8 Å². The Balaban J connectivity index is 2.20. The number of nitrogens with zero attached hydrogens (tertiary/aromatic N) is 2. The number of hydrogen-bond acceptors (Lipinski definition) is 5. The number of rotatable bonds is 5. The first-order valence-corrected chi connectivity index (χ1v) is 7.86. The van der Waals surface area contributed by atoms with Crippen molar-refractivity contribution in [2.24, 2.45) is 5.92 Å². The molecule has 1 aliphatic heterocycles. The lowest BCUT2D eigenvalue weighted by molar-refractivity contribution is -0.384. The second-order valence-electron chi connectivity index (χ2n) is 6.19. The van der Waals surface area contributed by atoms with E-state index in [2.05, 4.69) is 5.32 Å². The van der Waals surface area contributed by atoms with Gasteiger partial charge in [0.05, 0.1) is 11.5 Å². The molecule has 0 bridgehead atoms. The van der Waals surface area contributed by atoms with Crippen molar-refractivity contribution in [1.29, 1.82) is 0 Å². The first-order chi connectivity index (χ1) is 10.9. The molecule has 0 radical (unpaired) electrons. The highest BCUT2D eigenvalue weighted by atomic mass is 16.6. The van der Waals surface area contributed by atoms with Crippen molar-refractivity contribution in [1.82, 2.24) is 5.32 Å². The summed E-state index contributed by atoms with van der Waals surface area (Å²) in [7, 11) is 0. The molecule has 1 aromatic carbocycles. The van der Waals surface area contributed by atoms with E-state index in [1.165, 1.54) is 6.07 Å². The standard InChI is InChI=1S/C16H23N3O4/c1-11(2)16(21)17-13-4-3-7-18(9-13)15-8-12(10-20)5-6-14(15)19(22)23/h5-6,8,11,13,20H,3-4,7,9-10H2,1-2H3,(H,17,21). The Hall–Kier alpha value is -2.15. The van der Waals surface area contributed by atoms with Crippen LogP contribution in [0.2, 0.25) is 0 Å². The highest BCUT2D eigenvalue weighted by Gasteiger charge is 2.27. The fourth-order valence-corrected chi connectivity index (χ4v) is 2.76. The summed E-state index contributed by atoms with van der Waals surface area (Å²) in [4.78, 5) is 24.6. The summed E-state index contributed by atoms with van der Waals surface area (Å²) in [6.45, 7) is 4.75. The molecule has 2 N–H and O–H groups in total. The van der Waals surface area contributed by atoms with Crippen molar-refractivity contribution in [3.63, 3.8) is 0 Å². The molecule has 7 nitrogen and oxygen atoms in total. The molecule has 0 aromatic heterocycles. The molecular formula is C16H23N3O4. The second-order valence-corrected chi connectivity index (χ2v) is 6.19. The molecular weight excluding hydrogens is 298 g/mol. The minimum absolute atomic E-state index is 0.00420. The van der Waals surface area contributed by atoms with Gasteiger partial charge in [-0.15, -0.1) is 0 Å². The van der Waals surface area contributed by atoms with Crippen LogP contribution >= 0.6 is 0 Å². The number of amides is 1. The Labute approximate surface area is 135 Å². The number of aliphatic hydroxyl groups is 1. The predicted molar refractivity (Wildman–Crippen MR) is 87.2 cm³/mol. The Morgan fingerprint density at radius 2 is 2.26 bits per heavy atom. The van der Waals surface area contributed by atoms with Crippen LogP contribution in [0, 0.1) is 16.0 Å². The number of hydrogen-bond donors (Lipinski definition) is 2. The monoisotopic (exact) mass is 321 g/mol. The molecule has 1 aromatic rings. The topological polar surface area (TPSA) is 95.7 Å². The average molecular weight is 321 g/mol.